The number of methoxy groups -OCH3 is 1. The van der Waals surface area contributed by atoms with Gasteiger partial charge in [-0.15, -0.1) is 0 Å². The summed E-state index contributed by atoms with van der Waals surface area (Å²) in [7, 11) is 1.33. The molecule has 0 spiro atoms. The zero-order valence-electron chi connectivity index (χ0n) is 22.6. The Bertz CT molecular complexity index is 1260. The van der Waals surface area contributed by atoms with Crippen LogP contribution in [0.4, 0.5) is 11.4 Å². The average molecular weight is 523 g/mol. The molecule has 0 saturated carbocycles. The van der Waals surface area contributed by atoms with E-state index in [1.54, 1.807) is 20.0 Å². The molecular formula is C29H38N4O5. The van der Waals surface area contributed by atoms with E-state index in [9.17, 15) is 14.7 Å². The standard InChI is InChI=1S/C29H38N4O5/c1-19(17-29(2,3)36)31-21-16-22-24(32-27(34)23-13-9-15-38-23)25(28(35)37-4)33(26(22)30-18-21)14-8-12-20-10-6-5-7-11-20/h5-7,10-11,16,18-19,23,31,36H,8-9,12-15,17H2,1-4H3,(H,32,34)/t19-,23-/m1/s1. The molecule has 4 rings (SSSR count). The number of benzene rings is 1. The lowest BCUT2D eigenvalue weighted by Gasteiger charge is -2.23. The summed E-state index contributed by atoms with van der Waals surface area (Å²) in [6.07, 6.45) is 4.73. The van der Waals surface area contributed by atoms with Crippen LogP contribution in [0, 0.1) is 0 Å². The van der Waals surface area contributed by atoms with Crippen molar-refractivity contribution in [1.29, 1.82) is 0 Å². The van der Waals surface area contributed by atoms with E-state index in [0.29, 0.717) is 42.7 Å². The Labute approximate surface area is 223 Å². The van der Waals surface area contributed by atoms with Gasteiger partial charge in [0.2, 0.25) is 0 Å². The van der Waals surface area contributed by atoms with Gasteiger partial charge in [-0.1, -0.05) is 30.3 Å². The summed E-state index contributed by atoms with van der Waals surface area (Å²) in [6, 6.07) is 12.0. The van der Waals surface area contributed by atoms with E-state index in [4.69, 9.17) is 14.5 Å². The Morgan fingerprint density at radius 2 is 2.05 bits per heavy atom. The van der Waals surface area contributed by atoms with Gasteiger partial charge >= 0.3 is 5.97 Å². The molecule has 38 heavy (non-hydrogen) atoms. The van der Waals surface area contributed by atoms with Crippen molar-refractivity contribution in [3.63, 3.8) is 0 Å². The topological polar surface area (TPSA) is 115 Å². The number of hydrogen-bond acceptors (Lipinski definition) is 7. The van der Waals surface area contributed by atoms with Crippen molar-refractivity contribution >= 4 is 34.3 Å². The first kappa shape index (κ1) is 27.6. The number of aryl methyl sites for hydroxylation is 2. The molecule has 1 aromatic carbocycles. The summed E-state index contributed by atoms with van der Waals surface area (Å²) in [5, 5.41) is 17.2. The number of aliphatic hydroxyl groups is 1. The highest BCUT2D eigenvalue weighted by atomic mass is 16.5. The maximum absolute atomic E-state index is 13.1. The quantitative estimate of drug-likeness (QED) is 0.317. The number of amides is 1. The zero-order chi connectivity index (χ0) is 27.3. The van der Waals surface area contributed by atoms with Crippen molar-refractivity contribution in [2.24, 2.45) is 0 Å². The first-order chi connectivity index (χ1) is 18.2. The number of hydrogen-bond donors (Lipinski definition) is 3. The number of ether oxygens (including phenoxy) is 2. The van der Waals surface area contributed by atoms with Crippen LogP contribution in [0.25, 0.3) is 11.0 Å². The monoisotopic (exact) mass is 522 g/mol. The van der Waals surface area contributed by atoms with Crippen LogP contribution in [0.5, 0.6) is 0 Å². The highest BCUT2D eigenvalue weighted by molar-refractivity contribution is 6.12. The van der Waals surface area contributed by atoms with Crippen LogP contribution in [0.15, 0.2) is 42.6 Å². The van der Waals surface area contributed by atoms with Crippen molar-refractivity contribution < 1.29 is 24.2 Å². The molecule has 2 aromatic heterocycles. The predicted molar refractivity (Wildman–Crippen MR) is 147 cm³/mol. The van der Waals surface area contributed by atoms with Crippen LogP contribution >= 0.6 is 0 Å². The largest absolute Gasteiger partial charge is 0.464 e. The van der Waals surface area contributed by atoms with E-state index in [1.807, 2.05) is 35.8 Å². The van der Waals surface area contributed by atoms with Crippen LogP contribution in [0.3, 0.4) is 0 Å². The SMILES string of the molecule is COC(=O)c1c(NC(=O)[C@H]2CCCO2)c2cc(N[C@H](C)CC(C)(C)O)cnc2n1CCCc1ccccc1. The summed E-state index contributed by atoms with van der Waals surface area (Å²) >= 11 is 0. The Balaban J connectivity index is 1.72. The second kappa shape index (κ2) is 12.0. The van der Waals surface area contributed by atoms with Crippen LogP contribution in [0.2, 0.25) is 0 Å². The van der Waals surface area contributed by atoms with Crippen molar-refractivity contribution in [2.75, 3.05) is 24.4 Å². The van der Waals surface area contributed by atoms with Gasteiger partial charge < -0.3 is 29.8 Å². The second-order valence-electron chi connectivity index (χ2n) is 10.6. The van der Waals surface area contributed by atoms with Gasteiger partial charge in [0.15, 0.2) is 5.69 Å². The summed E-state index contributed by atoms with van der Waals surface area (Å²) in [6.45, 7) is 6.57. The molecule has 3 heterocycles. The lowest BCUT2D eigenvalue weighted by Crippen LogP contribution is -2.29. The van der Waals surface area contributed by atoms with Crippen molar-refractivity contribution in [3.05, 3.63) is 53.9 Å². The predicted octanol–water partition coefficient (Wildman–Crippen LogP) is 4.53. The maximum atomic E-state index is 13.1. The lowest BCUT2D eigenvalue weighted by molar-refractivity contribution is -0.124. The first-order valence-corrected chi connectivity index (χ1v) is 13.2. The molecule has 204 valence electrons. The number of esters is 1. The van der Waals surface area contributed by atoms with Crippen LogP contribution in [-0.2, 0) is 27.2 Å². The second-order valence-corrected chi connectivity index (χ2v) is 10.6. The van der Waals surface area contributed by atoms with E-state index in [-0.39, 0.29) is 17.6 Å². The highest BCUT2D eigenvalue weighted by Gasteiger charge is 2.30. The Kier molecular flexibility index (Phi) is 8.69. The minimum atomic E-state index is -0.829. The van der Waals surface area contributed by atoms with E-state index in [0.717, 1.165) is 24.9 Å². The molecule has 9 nitrogen and oxygen atoms in total. The normalized spacial score (nSPS) is 16.4. The third-order valence-electron chi connectivity index (χ3n) is 6.66. The number of fused-ring (bicyclic) bond motifs is 1. The van der Waals surface area contributed by atoms with Gasteiger partial charge in [-0.3, -0.25) is 4.79 Å². The summed E-state index contributed by atoms with van der Waals surface area (Å²) in [5.41, 5.74) is 2.32. The fourth-order valence-electron chi connectivity index (χ4n) is 5.12. The maximum Gasteiger partial charge on any atom is 0.356 e. The number of nitrogens with one attached hydrogen (secondary N) is 2. The third-order valence-corrected chi connectivity index (χ3v) is 6.66. The molecule has 1 aliphatic rings. The number of carbonyl (C=O) groups excluding carboxylic acids is 2. The summed E-state index contributed by atoms with van der Waals surface area (Å²) in [5.74, 6) is -0.833. The molecule has 0 radical (unpaired) electrons. The Hall–Kier alpha value is -3.43. The first-order valence-electron chi connectivity index (χ1n) is 13.2. The van der Waals surface area contributed by atoms with Gasteiger partial charge in [0.1, 0.15) is 11.8 Å². The van der Waals surface area contributed by atoms with E-state index >= 15 is 0 Å². The smallest absolute Gasteiger partial charge is 0.356 e. The van der Waals surface area contributed by atoms with Gasteiger partial charge in [0.05, 0.1) is 30.3 Å². The molecule has 1 amide bonds. The van der Waals surface area contributed by atoms with E-state index in [2.05, 4.69) is 22.8 Å². The fraction of sp³-hybridized carbons (Fsp3) is 0.483. The fourth-order valence-corrected chi connectivity index (χ4v) is 5.12. The van der Waals surface area contributed by atoms with E-state index < -0.39 is 17.7 Å². The molecule has 0 unspecified atom stereocenters. The number of rotatable bonds is 11. The van der Waals surface area contributed by atoms with Gasteiger partial charge in [-0.25, -0.2) is 9.78 Å². The minimum Gasteiger partial charge on any atom is -0.464 e. The number of carbonyl (C=O) groups is 2. The summed E-state index contributed by atoms with van der Waals surface area (Å²) < 4.78 is 12.6. The molecule has 9 heteroatoms. The highest BCUT2D eigenvalue weighted by Crippen LogP contribution is 2.34. The number of pyridine rings is 1. The van der Waals surface area contributed by atoms with Gasteiger partial charge in [-0.2, -0.15) is 0 Å². The van der Waals surface area contributed by atoms with Gasteiger partial charge in [-0.05, 0) is 64.5 Å². The van der Waals surface area contributed by atoms with Crippen molar-refractivity contribution in [1.82, 2.24) is 9.55 Å². The van der Waals surface area contributed by atoms with Crippen LogP contribution in [-0.4, -0.2) is 58.0 Å². The third kappa shape index (κ3) is 6.71. The average Bonchev–Trinajstić information content (AvgIpc) is 3.51. The zero-order valence-corrected chi connectivity index (χ0v) is 22.6. The molecular weight excluding hydrogens is 484 g/mol. The molecule has 1 saturated heterocycles. The number of anilines is 2. The molecule has 0 aliphatic carbocycles. The van der Waals surface area contributed by atoms with Crippen LogP contribution < -0.4 is 10.6 Å². The minimum absolute atomic E-state index is 0.0350. The number of nitrogens with zero attached hydrogens (tertiary/aromatic N) is 2. The molecule has 3 aromatic rings. The molecule has 3 N–H and O–H groups in total. The van der Waals surface area contributed by atoms with E-state index in [1.165, 1.54) is 12.7 Å². The molecule has 1 fully saturated rings. The van der Waals surface area contributed by atoms with Crippen molar-refractivity contribution in [3.8, 4) is 0 Å². The molecule has 2 atom stereocenters. The molecule has 0 bridgehead atoms. The van der Waals surface area contributed by atoms with Crippen molar-refractivity contribution in [2.45, 2.75) is 77.2 Å². The Morgan fingerprint density at radius 1 is 1.29 bits per heavy atom. The Morgan fingerprint density at radius 3 is 2.71 bits per heavy atom. The van der Waals surface area contributed by atoms with Gasteiger partial charge in [0, 0.05) is 24.6 Å². The summed E-state index contributed by atoms with van der Waals surface area (Å²) in [4.78, 5) is 30.9. The number of aromatic nitrogens is 2. The molecule has 1 aliphatic heterocycles. The van der Waals surface area contributed by atoms with Crippen LogP contribution in [0.1, 0.15) is 62.5 Å². The van der Waals surface area contributed by atoms with Gasteiger partial charge in [0.25, 0.3) is 5.91 Å². The lowest BCUT2D eigenvalue weighted by atomic mass is 10.0.